The molecule has 0 radical (unpaired) electrons. The number of carbonyl (C=O) groups is 2. The standard InChI is InChI=1S/C39H47N5O6S/c1-27(30-13-9-6-10-14-30)41-38(46)31-22-32(24-33(23-31)43(2)51(4,48)49)39(47)42-35(21-28-11-7-5-8-12-28)37(45)36-26-44(20-19-40-36)25-29-15-17-34(50-3)18-16-29/h5-18,22-24,27,35-37,40,45H,19-21,25-26H2,1-4H3,(H,41,46)(H,42,47)/t27-,35+,36-,37+/m1/s1. The van der Waals surface area contributed by atoms with Crippen LogP contribution in [0.2, 0.25) is 0 Å². The van der Waals surface area contributed by atoms with Gasteiger partial charge >= 0.3 is 0 Å². The van der Waals surface area contributed by atoms with E-state index >= 15 is 0 Å². The van der Waals surface area contributed by atoms with Crippen LogP contribution in [0, 0.1) is 0 Å². The number of benzene rings is 4. The molecule has 12 heteroatoms. The van der Waals surface area contributed by atoms with Crippen LogP contribution in [-0.2, 0) is 23.0 Å². The number of nitrogens with one attached hydrogen (secondary N) is 3. The predicted octanol–water partition coefficient (Wildman–Crippen LogP) is 3.76. The number of ether oxygens (including phenoxy) is 1. The van der Waals surface area contributed by atoms with Crippen LogP contribution in [0.25, 0.3) is 0 Å². The van der Waals surface area contributed by atoms with Crippen molar-refractivity contribution in [2.24, 2.45) is 0 Å². The van der Waals surface area contributed by atoms with Crippen molar-refractivity contribution in [2.75, 3.05) is 44.4 Å². The molecule has 1 heterocycles. The number of piperazine rings is 1. The summed E-state index contributed by atoms with van der Waals surface area (Å²) in [5.41, 5.74) is 3.31. The number of aliphatic hydroxyl groups is 1. The Bertz CT molecular complexity index is 1880. The lowest BCUT2D eigenvalue weighted by Crippen LogP contribution is -2.61. The van der Waals surface area contributed by atoms with E-state index in [0.29, 0.717) is 26.1 Å². The van der Waals surface area contributed by atoms with Crippen molar-refractivity contribution in [3.63, 3.8) is 0 Å². The highest BCUT2D eigenvalue weighted by Gasteiger charge is 2.33. The van der Waals surface area contributed by atoms with Crippen molar-refractivity contribution in [1.82, 2.24) is 20.9 Å². The lowest BCUT2D eigenvalue weighted by molar-refractivity contribution is 0.0464. The largest absolute Gasteiger partial charge is 0.497 e. The van der Waals surface area contributed by atoms with Gasteiger partial charge in [0.2, 0.25) is 10.0 Å². The quantitative estimate of drug-likeness (QED) is 0.155. The summed E-state index contributed by atoms with van der Waals surface area (Å²) in [6.45, 7) is 4.54. The first-order chi connectivity index (χ1) is 24.4. The molecule has 1 aliphatic rings. The molecule has 1 aliphatic heterocycles. The fraction of sp³-hybridized carbons (Fsp3) is 0.333. The van der Waals surface area contributed by atoms with Gasteiger partial charge in [0.25, 0.3) is 11.8 Å². The van der Waals surface area contributed by atoms with Crippen LogP contribution in [0.4, 0.5) is 5.69 Å². The average molecular weight is 714 g/mol. The number of nitrogens with zero attached hydrogens (tertiary/aromatic N) is 2. The van der Waals surface area contributed by atoms with Gasteiger partial charge in [0.15, 0.2) is 0 Å². The first kappa shape index (κ1) is 37.5. The van der Waals surface area contributed by atoms with Gasteiger partial charge in [0.05, 0.1) is 37.2 Å². The monoisotopic (exact) mass is 713 g/mol. The van der Waals surface area contributed by atoms with Crippen LogP contribution < -0.4 is 25.0 Å². The molecule has 4 atom stereocenters. The SMILES string of the molecule is COc1ccc(CN2CCN[C@@H]([C@@H](O)[C@H](Cc3ccccc3)NC(=O)c3cc(C(=O)N[C@H](C)c4ccccc4)cc(N(C)S(C)(=O)=O)c3)C2)cc1. The molecule has 1 saturated heterocycles. The lowest BCUT2D eigenvalue weighted by Gasteiger charge is -2.39. The number of carbonyl (C=O) groups excluding carboxylic acids is 2. The van der Waals surface area contributed by atoms with E-state index in [2.05, 4.69) is 20.9 Å². The predicted molar refractivity (Wildman–Crippen MR) is 199 cm³/mol. The Balaban J connectivity index is 1.39. The first-order valence-corrected chi connectivity index (χ1v) is 18.8. The second-order valence-electron chi connectivity index (χ2n) is 13.0. The maximum absolute atomic E-state index is 14.1. The number of aliphatic hydroxyl groups excluding tert-OH is 1. The maximum Gasteiger partial charge on any atom is 0.251 e. The van der Waals surface area contributed by atoms with E-state index in [1.54, 1.807) is 7.11 Å². The molecule has 1 fully saturated rings. The van der Waals surface area contributed by atoms with Crippen LogP contribution in [-0.4, -0.2) is 88.5 Å². The number of sulfonamides is 1. The van der Waals surface area contributed by atoms with Gasteiger partial charge in [0.1, 0.15) is 5.75 Å². The Hall–Kier alpha value is -4.75. The first-order valence-electron chi connectivity index (χ1n) is 17.0. The van der Waals surface area contributed by atoms with Gasteiger partial charge in [0, 0.05) is 50.4 Å². The minimum absolute atomic E-state index is 0.0866. The van der Waals surface area contributed by atoms with Crippen LogP contribution >= 0.6 is 0 Å². The third-order valence-corrected chi connectivity index (χ3v) is 10.5. The van der Waals surface area contributed by atoms with Gasteiger partial charge in [-0.2, -0.15) is 0 Å². The molecule has 0 aromatic heterocycles. The van der Waals surface area contributed by atoms with Crippen molar-refractivity contribution in [3.8, 4) is 5.75 Å². The zero-order chi connectivity index (χ0) is 36.5. The van der Waals surface area contributed by atoms with Crippen LogP contribution in [0.15, 0.2) is 103 Å². The summed E-state index contributed by atoms with van der Waals surface area (Å²) in [6.07, 6.45) is 0.414. The number of methoxy groups -OCH3 is 1. The fourth-order valence-corrected chi connectivity index (χ4v) is 6.70. The summed E-state index contributed by atoms with van der Waals surface area (Å²) in [7, 11) is -0.714. The van der Waals surface area contributed by atoms with E-state index in [9.17, 15) is 23.1 Å². The molecule has 0 bridgehead atoms. The highest BCUT2D eigenvalue weighted by atomic mass is 32.2. The van der Waals surface area contributed by atoms with Gasteiger partial charge in [-0.05, 0) is 60.4 Å². The second-order valence-corrected chi connectivity index (χ2v) is 15.0. The summed E-state index contributed by atoms with van der Waals surface area (Å²) in [5, 5.41) is 21.3. The third kappa shape index (κ3) is 10.2. The third-order valence-electron chi connectivity index (χ3n) is 9.24. The van der Waals surface area contributed by atoms with Crippen LogP contribution in [0.5, 0.6) is 5.75 Å². The molecular weight excluding hydrogens is 667 g/mol. The Kier molecular flexibility index (Phi) is 12.5. The Labute approximate surface area is 300 Å². The topological polar surface area (TPSA) is 140 Å². The number of hydrogen-bond donors (Lipinski definition) is 4. The van der Waals surface area contributed by atoms with E-state index in [0.717, 1.165) is 39.5 Å². The van der Waals surface area contributed by atoms with E-state index < -0.39 is 34.0 Å². The minimum atomic E-state index is -3.72. The number of amides is 2. The summed E-state index contributed by atoms with van der Waals surface area (Å²) in [6, 6.07) is 29.9. The van der Waals surface area contributed by atoms with Gasteiger partial charge in [-0.1, -0.05) is 72.8 Å². The Morgan fingerprint density at radius 2 is 1.53 bits per heavy atom. The molecule has 0 spiro atoms. The van der Waals surface area contributed by atoms with Gasteiger partial charge < -0.3 is 25.8 Å². The summed E-state index contributed by atoms with van der Waals surface area (Å²) >= 11 is 0. The smallest absolute Gasteiger partial charge is 0.251 e. The molecule has 51 heavy (non-hydrogen) atoms. The van der Waals surface area contributed by atoms with E-state index in [-0.39, 0.29) is 28.9 Å². The molecule has 0 unspecified atom stereocenters. The van der Waals surface area contributed by atoms with Crippen LogP contribution in [0.1, 0.15) is 50.4 Å². The van der Waals surface area contributed by atoms with Gasteiger partial charge in [-0.25, -0.2) is 8.42 Å². The van der Waals surface area contributed by atoms with Crippen molar-refractivity contribution in [1.29, 1.82) is 0 Å². The summed E-state index contributed by atoms with van der Waals surface area (Å²) < 4.78 is 31.4. The molecule has 2 amide bonds. The number of rotatable bonds is 14. The van der Waals surface area contributed by atoms with Gasteiger partial charge in [-0.15, -0.1) is 0 Å². The molecule has 270 valence electrons. The average Bonchev–Trinajstić information content (AvgIpc) is 3.14. The van der Waals surface area contributed by atoms with E-state index in [4.69, 9.17) is 4.74 Å². The van der Waals surface area contributed by atoms with Crippen molar-refractivity contribution in [2.45, 2.75) is 44.1 Å². The Morgan fingerprint density at radius 1 is 0.922 bits per heavy atom. The minimum Gasteiger partial charge on any atom is -0.497 e. The molecule has 11 nitrogen and oxygen atoms in total. The summed E-state index contributed by atoms with van der Waals surface area (Å²) in [5.74, 6) is -0.224. The fourth-order valence-electron chi connectivity index (χ4n) is 6.21. The molecule has 0 saturated carbocycles. The van der Waals surface area contributed by atoms with E-state index in [1.165, 1.54) is 25.2 Å². The Morgan fingerprint density at radius 3 is 2.14 bits per heavy atom. The number of hydrogen-bond acceptors (Lipinski definition) is 8. The lowest BCUT2D eigenvalue weighted by atomic mass is 9.94. The molecular formula is C39H47N5O6S. The second kappa shape index (κ2) is 17.0. The van der Waals surface area contributed by atoms with Crippen LogP contribution in [0.3, 0.4) is 0 Å². The maximum atomic E-state index is 14.1. The normalized spacial score (nSPS) is 16.8. The highest BCUT2D eigenvalue weighted by molar-refractivity contribution is 7.92. The molecule has 5 rings (SSSR count). The van der Waals surface area contributed by atoms with Crippen molar-refractivity contribution >= 4 is 27.5 Å². The zero-order valence-electron chi connectivity index (χ0n) is 29.5. The molecule has 4 N–H and O–H groups in total. The molecule has 4 aromatic rings. The number of anilines is 1. The van der Waals surface area contributed by atoms with Gasteiger partial charge in [-0.3, -0.25) is 18.8 Å². The highest BCUT2D eigenvalue weighted by Crippen LogP contribution is 2.23. The zero-order valence-corrected chi connectivity index (χ0v) is 30.3. The van der Waals surface area contributed by atoms with Crippen molar-refractivity contribution in [3.05, 3.63) is 131 Å². The molecule has 0 aliphatic carbocycles. The summed E-state index contributed by atoms with van der Waals surface area (Å²) in [4.78, 5) is 29.9. The van der Waals surface area contributed by atoms with Crippen molar-refractivity contribution < 1.29 is 27.9 Å². The van der Waals surface area contributed by atoms with E-state index in [1.807, 2.05) is 91.9 Å². The molecule has 4 aromatic carbocycles.